The van der Waals surface area contributed by atoms with Crippen LogP contribution in [0.25, 0.3) is 0 Å². The van der Waals surface area contributed by atoms with Crippen molar-refractivity contribution in [2.45, 2.75) is 18.9 Å². The van der Waals surface area contributed by atoms with E-state index >= 15 is 0 Å². The molecule has 2 heterocycles. The van der Waals surface area contributed by atoms with Crippen LogP contribution in [0.15, 0.2) is 12.4 Å². The third-order valence-corrected chi connectivity index (χ3v) is 2.45. The van der Waals surface area contributed by atoms with E-state index in [2.05, 4.69) is 20.6 Å². The average molecular weight is 249 g/mol. The van der Waals surface area contributed by atoms with E-state index in [0.29, 0.717) is 17.0 Å². The summed E-state index contributed by atoms with van der Waals surface area (Å²) in [6, 6.07) is 0.435. The van der Waals surface area contributed by atoms with Gasteiger partial charge in [-0.3, -0.25) is 0 Å². The van der Waals surface area contributed by atoms with E-state index < -0.39 is 0 Å². The van der Waals surface area contributed by atoms with Gasteiger partial charge in [-0.15, -0.1) is 12.4 Å². The monoisotopic (exact) mass is 248 g/mol. The number of hydrogen-bond donors (Lipinski definition) is 2. The molecule has 0 amide bonds. The molecule has 2 rings (SSSR count). The fourth-order valence-corrected chi connectivity index (χ4v) is 1.64. The smallest absolute Gasteiger partial charge is 0.222 e. The maximum absolute atomic E-state index is 5.69. The van der Waals surface area contributed by atoms with Crippen molar-refractivity contribution in [2.24, 2.45) is 0 Å². The summed E-state index contributed by atoms with van der Waals surface area (Å²) in [5, 5.41) is 7.15. The lowest BCUT2D eigenvalue weighted by molar-refractivity contribution is 0.478. The van der Waals surface area contributed by atoms with Gasteiger partial charge in [0, 0.05) is 12.6 Å². The predicted octanol–water partition coefficient (Wildman–Crippen LogP) is 1.72. The summed E-state index contributed by atoms with van der Waals surface area (Å²) in [6.45, 7) is 2.09. The Hall–Kier alpha value is -0.580. The topological polar surface area (TPSA) is 49.8 Å². The molecular weight excluding hydrogens is 235 g/mol. The van der Waals surface area contributed by atoms with Crippen LogP contribution in [0, 0.1) is 0 Å². The molecule has 1 fully saturated rings. The Morgan fingerprint density at radius 3 is 2.73 bits per heavy atom. The predicted molar refractivity (Wildman–Crippen MR) is 63.8 cm³/mol. The SMILES string of the molecule is Cl.Clc1cnc(N[C@H]2CCCNC2)nc1. The van der Waals surface area contributed by atoms with Gasteiger partial charge in [-0.25, -0.2) is 9.97 Å². The van der Waals surface area contributed by atoms with E-state index in [4.69, 9.17) is 11.6 Å². The Kier molecular flexibility index (Phi) is 5.08. The highest BCUT2D eigenvalue weighted by molar-refractivity contribution is 6.30. The maximum Gasteiger partial charge on any atom is 0.222 e. The lowest BCUT2D eigenvalue weighted by Gasteiger charge is -2.23. The van der Waals surface area contributed by atoms with E-state index in [1.807, 2.05) is 0 Å². The van der Waals surface area contributed by atoms with Crippen LogP contribution in [0.4, 0.5) is 5.95 Å². The molecule has 0 saturated carbocycles. The van der Waals surface area contributed by atoms with Crippen LogP contribution in [0.2, 0.25) is 5.02 Å². The van der Waals surface area contributed by atoms with Crippen LogP contribution in [0.5, 0.6) is 0 Å². The molecule has 0 unspecified atom stereocenters. The number of rotatable bonds is 2. The minimum atomic E-state index is 0. The van der Waals surface area contributed by atoms with Crippen LogP contribution in [-0.2, 0) is 0 Å². The highest BCUT2D eigenvalue weighted by Crippen LogP contribution is 2.09. The minimum Gasteiger partial charge on any atom is -0.350 e. The van der Waals surface area contributed by atoms with Gasteiger partial charge in [-0.1, -0.05) is 11.6 Å². The normalized spacial score (nSPS) is 20.5. The molecule has 0 bridgehead atoms. The molecule has 1 aromatic rings. The summed E-state index contributed by atoms with van der Waals surface area (Å²) in [5.41, 5.74) is 0. The van der Waals surface area contributed by atoms with Crippen molar-refractivity contribution in [3.63, 3.8) is 0 Å². The zero-order chi connectivity index (χ0) is 9.80. The molecule has 0 radical (unpaired) electrons. The highest BCUT2D eigenvalue weighted by atomic mass is 35.5. The molecule has 1 aliphatic heterocycles. The lowest BCUT2D eigenvalue weighted by Crippen LogP contribution is -2.38. The standard InChI is InChI=1S/C9H13ClN4.ClH/c10-7-4-12-9(13-5-7)14-8-2-1-3-11-6-8;/h4-5,8,11H,1-3,6H2,(H,12,13,14);1H/t8-;/m0./s1. The van der Waals surface area contributed by atoms with Gasteiger partial charge in [-0.05, 0) is 19.4 Å². The van der Waals surface area contributed by atoms with Crippen molar-refractivity contribution in [3.8, 4) is 0 Å². The summed E-state index contributed by atoms with van der Waals surface area (Å²) in [7, 11) is 0. The first-order valence-corrected chi connectivity index (χ1v) is 5.17. The van der Waals surface area contributed by atoms with E-state index in [0.717, 1.165) is 13.1 Å². The van der Waals surface area contributed by atoms with E-state index in [-0.39, 0.29) is 12.4 Å². The second-order valence-corrected chi connectivity index (χ2v) is 3.85. The number of piperidine rings is 1. The number of anilines is 1. The van der Waals surface area contributed by atoms with Gasteiger partial charge in [0.15, 0.2) is 0 Å². The van der Waals surface area contributed by atoms with Crippen molar-refractivity contribution in [3.05, 3.63) is 17.4 Å². The molecule has 2 N–H and O–H groups in total. The van der Waals surface area contributed by atoms with Gasteiger partial charge >= 0.3 is 0 Å². The molecule has 0 aliphatic carbocycles. The molecule has 84 valence electrons. The van der Waals surface area contributed by atoms with Gasteiger partial charge in [0.25, 0.3) is 0 Å². The quantitative estimate of drug-likeness (QED) is 0.837. The van der Waals surface area contributed by atoms with Gasteiger partial charge in [0.1, 0.15) is 0 Å². The van der Waals surface area contributed by atoms with Crippen LogP contribution >= 0.6 is 24.0 Å². The zero-order valence-corrected chi connectivity index (χ0v) is 9.81. The molecule has 4 nitrogen and oxygen atoms in total. The second-order valence-electron chi connectivity index (χ2n) is 3.41. The van der Waals surface area contributed by atoms with Gasteiger partial charge < -0.3 is 10.6 Å². The Morgan fingerprint density at radius 2 is 2.13 bits per heavy atom. The highest BCUT2D eigenvalue weighted by Gasteiger charge is 2.12. The fraction of sp³-hybridized carbons (Fsp3) is 0.556. The first-order valence-electron chi connectivity index (χ1n) is 4.79. The Bertz CT molecular complexity index is 285. The van der Waals surface area contributed by atoms with Crippen molar-refractivity contribution >= 4 is 30.0 Å². The zero-order valence-electron chi connectivity index (χ0n) is 8.24. The van der Waals surface area contributed by atoms with Gasteiger partial charge in [-0.2, -0.15) is 0 Å². The van der Waals surface area contributed by atoms with Gasteiger partial charge in [0.05, 0.1) is 17.4 Å². The molecule has 1 aliphatic rings. The lowest BCUT2D eigenvalue weighted by atomic mass is 10.1. The summed E-state index contributed by atoms with van der Waals surface area (Å²) in [5.74, 6) is 0.656. The Balaban J connectivity index is 0.00000112. The van der Waals surface area contributed by atoms with Crippen LogP contribution in [-0.4, -0.2) is 29.1 Å². The summed E-state index contributed by atoms with van der Waals surface area (Å²) in [4.78, 5) is 8.18. The van der Waals surface area contributed by atoms with Gasteiger partial charge in [0.2, 0.25) is 5.95 Å². The molecule has 1 atom stereocenters. The molecule has 1 saturated heterocycles. The number of aromatic nitrogens is 2. The summed E-state index contributed by atoms with van der Waals surface area (Å²) >= 11 is 5.69. The molecular formula is C9H14Cl2N4. The third kappa shape index (κ3) is 3.81. The third-order valence-electron chi connectivity index (χ3n) is 2.25. The number of halogens is 2. The first-order chi connectivity index (χ1) is 6.84. The fourth-order valence-electron chi connectivity index (χ4n) is 1.54. The van der Waals surface area contributed by atoms with E-state index in [1.54, 1.807) is 12.4 Å². The first kappa shape index (κ1) is 12.5. The average Bonchev–Trinajstić information content (AvgIpc) is 2.23. The second kappa shape index (κ2) is 6.10. The summed E-state index contributed by atoms with van der Waals surface area (Å²) in [6.07, 6.45) is 5.57. The Morgan fingerprint density at radius 1 is 1.40 bits per heavy atom. The molecule has 6 heteroatoms. The maximum atomic E-state index is 5.69. The van der Waals surface area contributed by atoms with E-state index in [9.17, 15) is 0 Å². The van der Waals surface area contributed by atoms with Crippen molar-refractivity contribution < 1.29 is 0 Å². The van der Waals surface area contributed by atoms with Crippen LogP contribution in [0.3, 0.4) is 0 Å². The van der Waals surface area contributed by atoms with Crippen molar-refractivity contribution in [1.29, 1.82) is 0 Å². The van der Waals surface area contributed by atoms with Crippen LogP contribution < -0.4 is 10.6 Å². The summed E-state index contributed by atoms with van der Waals surface area (Å²) < 4.78 is 0. The molecule has 15 heavy (non-hydrogen) atoms. The molecule has 0 spiro atoms. The van der Waals surface area contributed by atoms with Crippen LogP contribution in [0.1, 0.15) is 12.8 Å². The number of nitrogens with zero attached hydrogens (tertiary/aromatic N) is 2. The van der Waals surface area contributed by atoms with Crippen molar-refractivity contribution in [1.82, 2.24) is 15.3 Å². The largest absolute Gasteiger partial charge is 0.350 e. The minimum absolute atomic E-state index is 0. The number of nitrogens with one attached hydrogen (secondary N) is 2. The van der Waals surface area contributed by atoms with Crippen molar-refractivity contribution in [2.75, 3.05) is 18.4 Å². The van der Waals surface area contributed by atoms with E-state index in [1.165, 1.54) is 12.8 Å². The molecule has 1 aromatic heterocycles. The number of hydrogen-bond acceptors (Lipinski definition) is 4. The Labute approximate surface area is 100 Å². The molecule has 0 aromatic carbocycles.